The van der Waals surface area contributed by atoms with E-state index in [9.17, 15) is 9.35 Å². The molecule has 1 aromatic rings. The van der Waals surface area contributed by atoms with Crippen LogP contribution in [0, 0.1) is 0 Å². The third-order valence-corrected chi connectivity index (χ3v) is 5.55. The fraction of sp³-hybridized carbons (Fsp3) is 0.750. The molecule has 1 N–H and O–H groups in total. The van der Waals surface area contributed by atoms with Crippen LogP contribution in [0.25, 0.3) is 0 Å². The van der Waals surface area contributed by atoms with Crippen LogP contribution in [0.4, 0.5) is 0 Å². The quantitative estimate of drug-likeness (QED) is 0.589. The minimum atomic E-state index is -1.11. The zero-order valence-corrected chi connectivity index (χ0v) is 12.7. The summed E-state index contributed by atoms with van der Waals surface area (Å²) in [6, 6.07) is 0.305. The highest BCUT2D eigenvalue weighted by Crippen LogP contribution is 2.22. The van der Waals surface area contributed by atoms with E-state index in [4.69, 9.17) is 0 Å². The van der Waals surface area contributed by atoms with Crippen molar-refractivity contribution in [1.29, 1.82) is 0 Å². The lowest BCUT2D eigenvalue weighted by Crippen LogP contribution is -2.25. The minimum Gasteiger partial charge on any atom is -0.610 e. The zero-order chi connectivity index (χ0) is 13.7. The fourth-order valence-electron chi connectivity index (χ4n) is 1.62. The summed E-state index contributed by atoms with van der Waals surface area (Å²) in [4.78, 5) is 11.7. The third-order valence-electron chi connectivity index (χ3n) is 2.89. The lowest BCUT2D eigenvalue weighted by Gasteiger charge is -2.05. The average molecular weight is 301 g/mol. The van der Waals surface area contributed by atoms with Gasteiger partial charge in [-0.3, -0.25) is 4.79 Å². The van der Waals surface area contributed by atoms with Gasteiger partial charge in [0.15, 0.2) is 0 Å². The Balaban J connectivity index is 1.79. The molecule has 0 radical (unpaired) electrons. The normalized spacial score (nSPS) is 16.3. The predicted octanol–water partition coefficient (Wildman–Crippen LogP) is 2.12. The number of carbonyl (C=O) groups is 1. The van der Waals surface area contributed by atoms with E-state index < -0.39 is 11.2 Å². The lowest BCUT2D eigenvalue weighted by atomic mass is 10.2. The maximum absolute atomic E-state index is 12.0. The molecule has 1 heterocycles. The number of amides is 1. The fourth-order valence-corrected chi connectivity index (χ4v) is 3.73. The monoisotopic (exact) mass is 301 g/mol. The lowest BCUT2D eigenvalue weighted by molar-refractivity contribution is 0.0950. The number of nitrogens with zero attached hydrogens (tertiary/aromatic N) is 2. The van der Waals surface area contributed by atoms with Crippen molar-refractivity contribution in [2.75, 3.05) is 5.75 Å². The van der Waals surface area contributed by atoms with E-state index in [0.717, 1.165) is 43.4 Å². The van der Waals surface area contributed by atoms with Crippen molar-refractivity contribution in [2.24, 2.45) is 0 Å². The number of aromatic nitrogens is 2. The minimum absolute atomic E-state index is 0.186. The first-order chi connectivity index (χ1) is 9.20. The second kappa shape index (κ2) is 7.21. The van der Waals surface area contributed by atoms with Crippen LogP contribution in [-0.2, 0) is 11.2 Å². The van der Waals surface area contributed by atoms with E-state index in [1.807, 2.05) is 0 Å². The average Bonchev–Trinajstić information content (AvgIpc) is 3.07. The van der Waals surface area contributed by atoms with E-state index in [1.54, 1.807) is 0 Å². The molecule has 1 aliphatic carbocycles. The SMILES string of the molecule is CCCCCC[S+]([O-])c1nnc(C(=O)NC2CC2)s1. The van der Waals surface area contributed by atoms with Crippen molar-refractivity contribution >= 4 is 28.4 Å². The summed E-state index contributed by atoms with van der Waals surface area (Å²) in [6.07, 6.45) is 6.44. The van der Waals surface area contributed by atoms with Crippen molar-refractivity contribution in [1.82, 2.24) is 15.5 Å². The molecule has 106 valence electrons. The van der Waals surface area contributed by atoms with Crippen molar-refractivity contribution in [2.45, 2.75) is 55.8 Å². The van der Waals surface area contributed by atoms with E-state index >= 15 is 0 Å². The smallest absolute Gasteiger partial charge is 0.322 e. The predicted molar refractivity (Wildman–Crippen MR) is 75.8 cm³/mol. The van der Waals surface area contributed by atoms with Crippen LogP contribution in [0.3, 0.4) is 0 Å². The number of nitrogens with one attached hydrogen (secondary N) is 1. The number of carbonyl (C=O) groups excluding carboxylic acids is 1. The molecular formula is C12H19N3O2S2. The van der Waals surface area contributed by atoms with Crippen LogP contribution < -0.4 is 5.32 Å². The Morgan fingerprint density at radius 3 is 2.89 bits per heavy atom. The van der Waals surface area contributed by atoms with Gasteiger partial charge in [-0.25, -0.2) is 0 Å². The van der Waals surface area contributed by atoms with Gasteiger partial charge in [0, 0.05) is 17.2 Å². The van der Waals surface area contributed by atoms with Crippen LogP contribution in [0.15, 0.2) is 4.34 Å². The maximum atomic E-state index is 12.0. The van der Waals surface area contributed by atoms with E-state index in [0.29, 0.717) is 21.1 Å². The summed E-state index contributed by atoms with van der Waals surface area (Å²) < 4.78 is 12.4. The topological polar surface area (TPSA) is 77.9 Å². The van der Waals surface area contributed by atoms with E-state index in [2.05, 4.69) is 22.4 Å². The molecule has 0 aromatic carbocycles. The van der Waals surface area contributed by atoms with Crippen LogP contribution in [0.5, 0.6) is 0 Å². The van der Waals surface area contributed by atoms with Gasteiger partial charge in [0.2, 0.25) is 5.01 Å². The second-order valence-corrected chi connectivity index (χ2v) is 7.45. The van der Waals surface area contributed by atoms with Gasteiger partial charge in [-0.15, -0.1) is 5.10 Å². The largest absolute Gasteiger partial charge is 0.610 e. The van der Waals surface area contributed by atoms with Crippen molar-refractivity contribution in [3.63, 3.8) is 0 Å². The first kappa shape index (κ1) is 14.7. The Hall–Kier alpha value is -0.660. The first-order valence-corrected chi connectivity index (χ1v) is 8.87. The van der Waals surface area contributed by atoms with Gasteiger partial charge in [-0.1, -0.05) is 24.9 Å². The highest BCUT2D eigenvalue weighted by Gasteiger charge is 2.27. The van der Waals surface area contributed by atoms with Gasteiger partial charge in [-0.05, 0) is 37.0 Å². The maximum Gasteiger partial charge on any atom is 0.322 e. The molecule has 1 amide bonds. The van der Waals surface area contributed by atoms with Crippen molar-refractivity contribution in [3.8, 4) is 0 Å². The molecule has 1 atom stereocenters. The summed E-state index contributed by atoms with van der Waals surface area (Å²) in [7, 11) is 0. The van der Waals surface area contributed by atoms with Gasteiger partial charge in [0.1, 0.15) is 5.75 Å². The molecule has 0 spiro atoms. The molecule has 0 aliphatic heterocycles. The van der Waals surface area contributed by atoms with Crippen LogP contribution in [0.1, 0.15) is 55.3 Å². The second-order valence-electron chi connectivity index (χ2n) is 4.73. The molecule has 2 rings (SSSR count). The Labute approximate surface area is 120 Å². The van der Waals surface area contributed by atoms with Crippen molar-refractivity contribution in [3.05, 3.63) is 5.01 Å². The number of unbranched alkanes of at least 4 members (excludes halogenated alkanes) is 3. The van der Waals surface area contributed by atoms with Crippen molar-refractivity contribution < 1.29 is 9.35 Å². The van der Waals surface area contributed by atoms with Crippen LogP contribution in [-0.4, -0.2) is 32.5 Å². The molecule has 7 heteroatoms. The zero-order valence-electron chi connectivity index (χ0n) is 11.1. The van der Waals surface area contributed by atoms with Crippen LogP contribution in [0.2, 0.25) is 0 Å². The third kappa shape index (κ3) is 4.74. The standard InChI is InChI=1S/C12H19N3O2S2/c1-2-3-4-5-8-19(17)12-15-14-11(18-12)10(16)13-9-6-7-9/h9H,2-8H2,1H3,(H,13,16). The number of rotatable bonds is 8. The highest BCUT2D eigenvalue weighted by molar-refractivity contribution is 7.93. The summed E-state index contributed by atoms with van der Waals surface area (Å²) in [5, 5.41) is 10.9. The molecule has 1 saturated carbocycles. The molecule has 1 aromatic heterocycles. The summed E-state index contributed by atoms with van der Waals surface area (Å²) in [5.41, 5.74) is 0. The molecule has 5 nitrogen and oxygen atoms in total. The molecular weight excluding hydrogens is 282 g/mol. The van der Waals surface area contributed by atoms with E-state index in [-0.39, 0.29) is 5.91 Å². The summed E-state index contributed by atoms with van der Waals surface area (Å²) in [6.45, 7) is 2.15. The van der Waals surface area contributed by atoms with Gasteiger partial charge in [0.05, 0.1) is 0 Å². The Kier molecular flexibility index (Phi) is 5.59. The van der Waals surface area contributed by atoms with Gasteiger partial charge in [0.25, 0.3) is 5.91 Å². The number of hydrogen-bond acceptors (Lipinski definition) is 5. The first-order valence-electron chi connectivity index (χ1n) is 6.73. The van der Waals surface area contributed by atoms with Crippen LogP contribution >= 0.6 is 11.3 Å². The Morgan fingerprint density at radius 2 is 2.21 bits per heavy atom. The highest BCUT2D eigenvalue weighted by atomic mass is 32.2. The van der Waals surface area contributed by atoms with Gasteiger partial charge in [-0.2, -0.15) is 0 Å². The molecule has 0 saturated heterocycles. The van der Waals surface area contributed by atoms with E-state index in [1.165, 1.54) is 6.42 Å². The van der Waals surface area contributed by atoms with Gasteiger partial charge >= 0.3 is 4.34 Å². The molecule has 19 heavy (non-hydrogen) atoms. The molecule has 1 aliphatic rings. The Bertz CT molecular complexity index is 421. The molecule has 1 unspecified atom stereocenters. The summed E-state index contributed by atoms with van der Waals surface area (Å²) >= 11 is 0.0335. The molecule has 0 bridgehead atoms. The number of hydrogen-bond donors (Lipinski definition) is 1. The van der Waals surface area contributed by atoms with Gasteiger partial charge < -0.3 is 9.87 Å². The molecule has 1 fully saturated rings. The summed E-state index contributed by atoms with van der Waals surface area (Å²) in [5.74, 6) is 0.424. The Morgan fingerprint density at radius 1 is 1.42 bits per heavy atom.